The molecule has 8 rings (SSSR count). The first-order valence-corrected chi connectivity index (χ1v) is 24.0. The molecular formula is C56H64O2SiZr-4. The molecule has 0 heterocycles. The zero-order valence-corrected chi connectivity index (χ0v) is 41.4. The standard InChI is InChI=1S/2C16H13.2C11H16O.2CH3.Si.Zr/c2*1-12-10-14-8-5-9-15(16(14)11-12)13-6-3-2-4-7-13;2*1-8-5-6-10(12)9(7-8)11(2,3)4;;;;/h2*2-11H,1H3;2*5-7,12H,1-4H3;2*1H3;;/q2*-1;;;2*-1;;. The second kappa shape index (κ2) is 23.3. The summed E-state index contributed by atoms with van der Waals surface area (Å²) < 4.78 is 0. The maximum atomic E-state index is 9.57. The van der Waals surface area contributed by atoms with Crippen LogP contribution in [0.25, 0.3) is 43.8 Å². The molecule has 312 valence electrons. The van der Waals surface area contributed by atoms with Gasteiger partial charge in [-0.1, -0.05) is 175 Å². The molecule has 0 saturated heterocycles. The van der Waals surface area contributed by atoms with Gasteiger partial charge in [-0.25, -0.2) is 0 Å². The number of phenolic OH excluding ortho intramolecular Hbond substituents is 2. The summed E-state index contributed by atoms with van der Waals surface area (Å²) in [5, 5.41) is 24.5. The zero-order valence-electron chi connectivity index (χ0n) is 37.9. The van der Waals surface area contributed by atoms with E-state index >= 15 is 0 Å². The molecule has 0 aliphatic rings. The van der Waals surface area contributed by atoms with E-state index in [0.29, 0.717) is 11.5 Å². The van der Waals surface area contributed by atoms with Crippen molar-refractivity contribution in [2.45, 2.75) is 80.1 Å². The van der Waals surface area contributed by atoms with Gasteiger partial charge in [0.1, 0.15) is 11.5 Å². The fourth-order valence-electron chi connectivity index (χ4n) is 7.01. The van der Waals surface area contributed by atoms with Crippen molar-refractivity contribution in [1.82, 2.24) is 0 Å². The van der Waals surface area contributed by atoms with Crippen LogP contribution in [-0.4, -0.2) is 17.1 Å². The summed E-state index contributed by atoms with van der Waals surface area (Å²) in [6.45, 7) is 24.0. The Hall–Kier alpha value is -4.76. The van der Waals surface area contributed by atoms with E-state index in [-0.39, 0.29) is 25.7 Å². The molecule has 2 radical (unpaired) electrons. The predicted molar refractivity (Wildman–Crippen MR) is 261 cm³/mol. The van der Waals surface area contributed by atoms with Crippen LogP contribution in [0.4, 0.5) is 0 Å². The van der Waals surface area contributed by atoms with Crippen LogP contribution < -0.4 is 0 Å². The normalized spacial score (nSPS) is 10.5. The second-order valence-electron chi connectivity index (χ2n) is 17.0. The number of hydrogen-bond acceptors (Lipinski definition) is 2. The summed E-state index contributed by atoms with van der Waals surface area (Å²) in [5.74, 6) is 0.793. The molecule has 0 bridgehead atoms. The minimum atomic E-state index is 0. The van der Waals surface area contributed by atoms with Gasteiger partial charge in [-0.2, -0.15) is 12.1 Å². The second-order valence-corrected chi connectivity index (χ2v) is 17.0. The van der Waals surface area contributed by atoms with E-state index in [9.17, 15) is 10.2 Å². The van der Waals surface area contributed by atoms with E-state index in [0.717, 1.165) is 11.1 Å². The zero-order chi connectivity index (χ0) is 42.6. The van der Waals surface area contributed by atoms with Gasteiger partial charge in [0.2, 0.25) is 0 Å². The minimum absolute atomic E-state index is 0. The SMILES string of the molecule is Cc1cc2c(-c3ccccc3)cccc2[cH-]1.Cc1cc2c(-c3ccccc3)cccc2[cH-]1.Cc1ccc(O)c(C(C)(C)C)c1.Cc1ccc(O)c(C(C)(C)C)c1.[CH3-].[CH3-].[Si]=[Zr]. The van der Waals surface area contributed by atoms with Crippen LogP contribution in [0.5, 0.6) is 11.5 Å². The van der Waals surface area contributed by atoms with Gasteiger partial charge in [0.05, 0.1) is 0 Å². The van der Waals surface area contributed by atoms with E-state index in [2.05, 4.69) is 184 Å². The summed E-state index contributed by atoms with van der Waals surface area (Å²) in [7, 11) is 0. The Balaban J connectivity index is 0.000000272. The van der Waals surface area contributed by atoms with Crippen LogP contribution in [0.15, 0.2) is 158 Å². The number of rotatable bonds is 2. The van der Waals surface area contributed by atoms with Crippen molar-refractivity contribution >= 4 is 28.4 Å². The first-order valence-electron chi connectivity index (χ1n) is 19.8. The van der Waals surface area contributed by atoms with Crippen molar-refractivity contribution in [3.8, 4) is 33.8 Å². The van der Waals surface area contributed by atoms with Crippen molar-refractivity contribution in [1.29, 1.82) is 0 Å². The van der Waals surface area contributed by atoms with Gasteiger partial charge in [-0.3, -0.25) is 0 Å². The average molecular weight is 888 g/mol. The number of phenols is 2. The van der Waals surface area contributed by atoms with Crippen LogP contribution in [0.1, 0.15) is 74.9 Å². The van der Waals surface area contributed by atoms with Gasteiger partial charge in [-0.15, -0.1) is 69.1 Å². The molecular weight excluding hydrogens is 824 g/mol. The van der Waals surface area contributed by atoms with Gasteiger partial charge in [0.15, 0.2) is 0 Å². The Kier molecular flexibility index (Phi) is 19.9. The molecule has 2 nitrogen and oxygen atoms in total. The van der Waals surface area contributed by atoms with Crippen molar-refractivity contribution in [2.24, 2.45) is 0 Å². The van der Waals surface area contributed by atoms with Crippen LogP contribution in [-0.2, 0) is 34.2 Å². The number of benzene rings is 6. The predicted octanol–water partition coefficient (Wildman–Crippen LogP) is 15.6. The molecule has 0 amide bonds. The molecule has 8 aromatic rings. The van der Waals surface area contributed by atoms with Gasteiger partial charge in [-0.05, 0) is 59.1 Å². The number of aromatic hydroxyl groups is 2. The molecule has 0 aromatic heterocycles. The Bertz CT molecular complexity index is 2330. The third-order valence-corrected chi connectivity index (χ3v) is 9.88. The van der Waals surface area contributed by atoms with E-state index in [4.69, 9.17) is 0 Å². The van der Waals surface area contributed by atoms with Crippen LogP contribution >= 0.6 is 0 Å². The van der Waals surface area contributed by atoms with E-state index in [1.54, 1.807) is 12.1 Å². The fourth-order valence-corrected chi connectivity index (χ4v) is 7.01. The molecule has 0 atom stereocenters. The molecule has 0 aliphatic carbocycles. The number of fused-ring (bicyclic) bond motifs is 2. The van der Waals surface area contributed by atoms with Crippen LogP contribution in [0, 0.1) is 42.5 Å². The summed E-state index contributed by atoms with van der Waals surface area (Å²) in [5.41, 5.74) is 12.4. The van der Waals surface area contributed by atoms with Crippen molar-refractivity contribution in [2.75, 3.05) is 0 Å². The van der Waals surface area contributed by atoms with E-state index in [1.807, 2.05) is 38.1 Å². The third-order valence-electron chi connectivity index (χ3n) is 9.88. The summed E-state index contributed by atoms with van der Waals surface area (Å²) >= 11 is 1.36. The molecule has 0 spiro atoms. The van der Waals surface area contributed by atoms with Crippen LogP contribution in [0.3, 0.4) is 0 Å². The first kappa shape index (κ1) is 51.4. The topological polar surface area (TPSA) is 40.5 Å². The Labute approximate surface area is 379 Å². The van der Waals surface area contributed by atoms with Gasteiger partial charge >= 0.3 is 30.2 Å². The number of aryl methyl sites for hydroxylation is 4. The van der Waals surface area contributed by atoms with Crippen molar-refractivity contribution in [3.05, 3.63) is 206 Å². The van der Waals surface area contributed by atoms with Crippen molar-refractivity contribution < 1.29 is 33.5 Å². The molecule has 0 saturated carbocycles. The monoisotopic (exact) mass is 886 g/mol. The van der Waals surface area contributed by atoms with E-state index in [1.165, 1.54) is 89.4 Å². The fraction of sp³-hybridized carbons (Fsp3) is 0.214. The number of hydrogen-bond donors (Lipinski definition) is 2. The summed E-state index contributed by atoms with van der Waals surface area (Å²) in [6.07, 6.45) is 0. The van der Waals surface area contributed by atoms with E-state index < -0.39 is 0 Å². The van der Waals surface area contributed by atoms with Crippen LogP contribution in [0.2, 0.25) is 0 Å². The molecule has 0 aliphatic heterocycles. The molecule has 0 unspecified atom stereocenters. The summed E-state index contributed by atoms with van der Waals surface area (Å²) in [4.78, 5) is 0. The van der Waals surface area contributed by atoms with Gasteiger partial charge in [0, 0.05) is 0 Å². The maximum absolute atomic E-state index is 9.57. The Morgan fingerprint density at radius 3 is 1.07 bits per heavy atom. The first-order chi connectivity index (χ1) is 27.5. The quantitative estimate of drug-likeness (QED) is 0.134. The molecule has 4 heteroatoms. The third kappa shape index (κ3) is 14.2. The van der Waals surface area contributed by atoms with Gasteiger partial charge in [0.25, 0.3) is 0 Å². The van der Waals surface area contributed by atoms with Gasteiger partial charge < -0.3 is 25.1 Å². The molecule has 0 fully saturated rings. The molecule has 2 N–H and O–H groups in total. The summed E-state index contributed by atoms with van der Waals surface area (Å²) in [6, 6.07) is 54.5. The Morgan fingerprint density at radius 2 is 0.767 bits per heavy atom. The molecule has 60 heavy (non-hydrogen) atoms. The van der Waals surface area contributed by atoms with Crippen molar-refractivity contribution in [3.63, 3.8) is 0 Å². The Morgan fingerprint density at radius 1 is 0.433 bits per heavy atom. The average Bonchev–Trinajstić information content (AvgIpc) is 3.79. The molecule has 8 aromatic carbocycles.